The van der Waals surface area contributed by atoms with E-state index in [1.54, 1.807) is 0 Å². The molecule has 1 aliphatic heterocycles. The molecular weight excluding hydrogens is 123 g/mol. The summed E-state index contributed by atoms with van der Waals surface area (Å²) in [6.45, 7) is 0.340. The van der Waals surface area contributed by atoms with Crippen LogP contribution in [0.2, 0.25) is 0 Å². The van der Waals surface area contributed by atoms with Gasteiger partial charge in [0.2, 0.25) is 6.08 Å². The number of nitrogens with zero attached hydrogens (tertiary/aromatic N) is 1. The lowest BCUT2D eigenvalue weighted by molar-refractivity contribution is 0.219. The van der Waals surface area contributed by atoms with Crippen LogP contribution in [0.5, 0.6) is 0 Å². The number of rotatable bonds is 2. The molecule has 0 aromatic rings. The lowest BCUT2D eigenvalue weighted by Crippen LogP contribution is -2.59. The van der Waals surface area contributed by atoms with Gasteiger partial charge in [0.15, 0.2) is 0 Å². The highest BCUT2D eigenvalue weighted by Crippen LogP contribution is 2.15. The van der Waals surface area contributed by atoms with E-state index in [1.807, 2.05) is 0 Å². The van der Waals surface area contributed by atoms with Crippen molar-refractivity contribution in [2.75, 3.05) is 19.8 Å². The van der Waals surface area contributed by atoms with Crippen molar-refractivity contribution in [1.82, 2.24) is 5.32 Å². The average molecular weight is 130 g/mol. The van der Waals surface area contributed by atoms with Gasteiger partial charge in [-0.15, -0.1) is 0 Å². The van der Waals surface area contributed by atoms with Crippen molar-refractivity contribution in [2.45, 2.75) is 5.54 Å². The molecule has 0 aliphatic carbocycles. The van der Waals surface area contributed by atoms with Crippen LogP contribution in [0.15, 0.2) is 4.99 Å². The second-order valence-electron chi connectivity index (χ2n) is 2.16. The molecule has 0 aromatic carbocycles. The van der Waals surface area contributed by atoms with Gasteiger partial charge in [-0.05, 0) is 0 Å². The molecule has 50 valence electrons. The minimum atomic E-state index is -0.762. The van der Waals surface area contributed by atoms with Crippen LogP contribution in [0.4, 0.5) is 4.39 Å². The molecule has 9 heavy (non-hydrogen) atoms. The van der Waals surface area contributed by atoms with Gasteiger partial charge in [-0.1, -0.05) is 0 Å². The first kappa shape index (κ1) is 6.39. The maximum Gasteiger partial charge on any atom is 0.235 e. The van der Waals surface area contributed by atoms with Crippen LogP contribution >= 0.6 is 0 Å². The zero-order chi connectivity index (χ0) is 6.74. The number of alkyl halides is 1. The molecule has 0 radical (unpaired) electrons. The lowest BCUT2D eigenvalue weighted by atomic mass is 9.96. The maximum atomic E-state index is 12.0. The Kier molecular flexibility index (Phi) is 1.60. The van der Waals surface area contributed by atoms with Crippen molar-refractivity contribution in [3.05, 3.63) is 0 Å². The first-order valence-corrected chi connectivity index (χ1v) is 2.69. The van der Waals surface area contributed by atoms with Crippen molar-refractivity contribution < 1.29 is 9.18 Å². The van der Waals surface area contributed by atoms with Crippen molar-refractivity contribution in [1.29, 1.82) is 0 Å². The van der Waals surface area contributed by atoms with Crippen LogP contribution in [0, 0.1) is 0 Å². The van der Waals surface area contributed by atoms with E-state index in [9.17, 15) is 9.18 Å². The van der Waals surface area contributed by atoms with Crippen molar-refractivity contribution in [3.63, 3.8) is 0 Å². The van der Waals surface area contributed by atoms with E-state index in [2.05, 4.69) is 10.3 Å². The fourth-order valence-corrected chi connectivity index (χ4v) is 0.714. The lowest BCUT2D eigenvalue weighted by Gasteiger charge is -2.34. The Balaban J connectivity index is 2.56. The van der Waals surface area contributed by atoms with Gasteiger partial charge in [0.1, 0.15) is 12.2 Å². The molecule has 0 unspecified atom stereocenters. The quantitative estimate of drug-likeness (QED) is 0.409. The smallest absolute Gasteiger partial charge is 0.235 e. The second kappa shape index (κ2) is 2.25. The number of halogens is 1. The van der Waals surface area contributed by atoms with Gasteiger partial charge in [-0.2, -0.15) is 4.99 Å². The highest BCUT2D eigenvalue weighted by molar-refractivity contribution is 5.36. The SMILES string of the molecule is O=C=NC1(CF)CNC1. The standard InChI is InChI=1S/C5H7FN2O/c6-1-5(8-4-9)2-7-3-5/h7H,1-3H2. The van der Waals surface area contributed by atoms with Crippen LogP contribution < -0.4 is 5.32 Å². The number of hydrogen-bond donors (Lipinski definition) is 1. The molecule has 1 fully saturated rings. The Morgan fingerprint density at radius 3 is 2.56 bits per heavy atom. The molecule has 0 atom stereocenters. The second-order valence-corrected chi connectivity index (χ2v) is 2.16. The summed E-state index contributed by atoms with van der Waals surface area (Å²) >= 11 is 0. The Bertz CT molecular complexity index is 144. The molecule has 1 N–H and O–H groups in total. The molecule has 1 rings (SSSR count). The molecule has 4 heteroatoms. The largest absolute Gasteiger partial charge is 0.312 e. The fourth-order valence-electron chi connectivity index (χ4n) is 0.714. The summed E-state index contributed by atoms with van der Waals surface area (Å²) in [6, 6.07) is 0. The fraction of sp³-hybridized carbons (Fsp3) is 0.800. The zero-order valence-corrected chi connectivity index (χ0v) is 4.85. The Morgan fingerprint density at radius 1 is 1.78 bits per heavy atom. The number of carbonyl (C=O) groups excluding carboxylic acids is 1. The first-order chi connectivity index (χ1) is 4.33. The predicted molar refractivity (Wildman–Crippen MR) is 29.7 cm³/mol. The average Bonchev–Trinajstić information content (AvgIpc) is 1.79. The summed E-state index contributed by atoms with van der Waals surface area (Å²) < 4.78 is 12.0. The van der Waals surface area contributed by atoms with Crippen LogP contribution in [0.1, 0.15) is 0 Å². The molecule has 0 aromatic heterocycles. The van der Waals surface area contributed by atoms with E-state index < -0.39 is 12.2 Å². The summed E-state index contributed by atoms with van der Waals surface area (Å²) in [7, 11) is 0. The number of isocyanates is 1. The minimum absolute atomic E-state index is 0.457. The van der Waals surface area contributed by atoms with E-state index in [0.29, 0.717) is 13.1 Å². The molecule has 0 spiro atoms. The van der Waals surface area contributed by atoms with Crippen molar-refractivity contribution in [2.24, 2.45) is 4.99 Å². The molecule has 0 bridgehead atoms. The summed E-state index contributed by atoms with van der Waals surface area (Å²) in [5.74, 6) is 0. The predicted octanol–water partition coefficient (Wildman–Crippen LogP) is -0.366. The maximum absolute atomic E-state index is 12.0. The van der Waals surface area contributed by atoms with Gasteiger partial charge in [-0.25, -0.2) is 9.18 Å². The van der Waals surface area contributed by atoms with E-state index in [4.69, 9.17) is 0 Å². The highest BCUT2D eigenvalue weighted by atomic mass is 19.1. The number of nitrogens with one attached hydrogen (secondary N) is 1. The topological polar surface area (TPSA) is 41.5 Å². The first-order valence-electron chi connectivity index (χ1n) is 2.69. The Hall–Kier alpha value is -0.730. The number of aliphatic imine (C=N–C) groups is 1. The highest BCUT2D eigenvalue weighted by Gasteiger charge is 2.36. The van der Waals surface area contributed by atoms with E-state index >= 15 is 0 Å². The molecule has 0 saturated carbocycles. The monoisotopic (exact) mass is 130 g/mol. The Labute approximate surface area is 52.0 Å². The van der Waals surface area contributed by atoms with Crippen LogP contribution in [-0.2, 0) is 4.79 Å². The molecule has 1 heterocycles. The molecule has 1 aliphatic rings. The van der Waals surface area contributed by atoms with Gasteiger partial charge < -0.3 is 5.32 Å². The van der Waals surface area contributed by atoms with Gasteiger partial charge in [0, 0.05) is 13.1 Å². The molecule has 0 amide bonds. The van der Waals surface area contributed by atoms with Crippen LogP contribution in [0.25, 0.3) is 0 Å². The van der Waals surface area contributed by atoms with Crippen molar-refractivity contribution in [3.8, 4) is 0 Å². The molecule has 3 nitrogen and oxygen atoms in total. The van der Waals surface area contributed by atoms with Gasteiger partial charge >= 0.3 is 0 Å². The summed E-state index contributed by atoms with van der Waals surface area (Å²) in [5, 5.41) is 2.83. The van der Waals surface area contributed by atoms with Gasteiger partial charge in [0.25, 0.3) is 0 Å². The Morgan fingerprint density at radius 2 is 2.44 bits per heavy atom. The normalized spacial score (nSPS) is 21.9. The van der Waals surface area contributed by atoms with E-state index in [0.717, 1.165) is 0 Å². The van der Waals surface area contributed by atoms with E-state index in [1.165, 1.54) is 6.08 Å². The molecule has 1 saturated heterocycles. The third-order valence-corrected chi connectivity index (χ3v) is 1.44. The van der Waals surface area contributed by atoms with Gasteiger partial charge in [0.05, 0.1) is 0 Å². The summed E-state index contributed by atoms with van der Waals surface area (Å²) in [4.78, 5) is 13.0. The van der Waals surface area contributed by atoms with Crippen LogP contribution in [-0.4, -0.2) is 31.4 Å². The zero-order valence-electron chi connectivity index (χ0n) is 4.85. The molecular formula is C5H7FN2O. The van der Waals surface area contributed by atoms with Crippen LogP contribution in [0.3, 0.4) is 0 Å². The number of hydrogen-bond acceptors (Lipinski definition) is 3. The third kappa shape index (κ3) is 0.992. The van der Waals surface area contributed by atoms with E-state index in [-0.39, 0.29) is 0 Å². The minimum Gasteiger partial charge on any atom is -0.312 e. The van der Waals surface area contributed by atoms with Crippen molar-refractivity contribution >= 4 is 6.08 Å². The summed E-state index contributed by atoms with van der Waals surface area (Å²) in [6.07, 6.45) is 1.36. The summed E-state index contributed by atoms with van der Waals surface area (Å²) in [5.41, 5.74) is -0.762. The van der Waals surface area contributed by atoms with Gasteiger partial charge in [-0.3, -0.25) is 0 Å². The third-order valence-electron chi connectivity index (χ3n) is 1.44.